The van der Waals surface area contributed by atoms with Crippen molar-refractivity contribution in [1.82, 2.24) is 5.32 Å². The molecule has 0 aromatic rings. The van der Waals surface area contributed by atoms with Gasteiger partial charge in [-0.05, 0) is 31.6 Å². The third kappa shape index (κ3) is 2.27. The summed E-state index contributed by atoms with van der Waals surface area (Å²) in [5.41, 5.74) is 0. The highest BCUT2D eigenvalue weighted by atomic mass is 16.3. The minimum absolute atomic E-state index is 0.112. The van der Waals surface area contributed by atoms with E-state index in [0.717, 1.165) is 5.92 Å². The van der Waals surface area contributed by atoms with Crippen molar-refractivity contribution in [3.8, 4) is 0 Å². The highest BCUT2D eigenvalue weighted by Crippen LogP contribution is 2.22. The first kappa shape index (κ1) is 8.02. The number of rotatable bonds is 2. The fourth-order valence-electron chi connectivity index (χ4n) is 1.58. The molecule has 0 saturated heterocycles. The molecule has 0 atom stereocenters. The Morgan fingerprint density at radius 3 is 2.40 bits per heavy atom. The zero-order valence-electron chi connectivity index (χ0n) is 6.60. The van der Waals surface area contributed by atoms with Crippen molar-refractivity contribution in [1.29, 1.82) is 0 Å². The average Bonchev–Trinajstić information content (AvgIpc) is 1.95. The first-order chi connectivity index (χ1) is 4.83. The highest BCUT2D eigenvalue weighted by Gasteiger charge is 2.16. The normalized spacial score (nSPS) is 34.2. The molecule has 0 unspecified atom stereocenters. The second-order valence-electron chi connectivity index (χ2n) is 3.31. The van der Waals surface area contributed by atoms with Crippen molar-refractivity contribution < 1.29 is 5.11 Å². The first-order valence-electron chi connectivity index (χ1n) is 4.14. The Kier molecular flexibility index (Phi) is 3.16. The summed E-state index contributed by atoms with van der Waals surface area (Å²) in [6.07, 6.45) is 4.97. The zero-order chi connectivity index (χ0) is 7.40. The van der Waals surface area contributed by atoms with Gasteiger partial charge in [-0.25, -0.2) is 5.11 Å². The Morgan fingerprint density at radius 1 is 1.30 bits per heavy atom. The first-order valence-corrected chi connectivity index (χ1v) is 4.14. The molecule has 0 amide bonds. The summed E-state index contributed by atoms with van der Waals surface area (Å²) < 4.78 is 0. The highest BCUT2D eigenvalue weighted by molar-refractivity contribution is 4.73. The van der Waals surface area contributed by atoms with Crippen LogP contribution in [-0.4, -0.2) is 12.8 Å². The Morgan fingerprint density at radius 2 is 1.90 bits per heavy atom. The predicted molar refractivity (Wildman–Crippen MR) is 40.1 cm³/mol. The van der Waals surface area contributed by atoms with E-state index in [2.05, 4.69) is 12.2 Å². The molecule has 1 aliphatic carbocycles. The van der Waals surface area contributed by atoms with E-state index in [1.165, 1.54) is 25.7 Å². The molecule has 0 bridgehead atoms. The van der Waals surface area contributed by atoms with Gasteiger partial charge in [-0.2, -0.15) is 0 Å². The van der Waals surface area contributed by atoms with Crippen molar-refractivity contribution in [3.05, 3.63) is 0 Å². The Bertz CT molecular complexity index is 87.3. The van der Waals surface area contributed by atoms with Gasteiger partial charge in [0.15, 0.2) is 0 Å². The van der Waals surface area contributed by atoms with Gasteiger partial charge in [0, 0.05) is 6.04 Å². The van der Waals surface area contributed by atoms with Crippen LogP contribution < -0.4 is 5.32 Å². The number of hydrogen-bond donors (Lipinski definition) is 1. The fourth-order valence-corrected chi connectivity index (χ4v) is 1.58. The minimum atomic E-state index is -0.112. The molecule has 10 heavy (non-hydrogen) atoms. The van der Waals surface area contributed by atoms with Crippen molar-refractivity contribution in [2.45, 2.75) is 38.6 Å². The van der Waals surface area contributed by atoms with E-state index in [0.29, 0.717) is 6.04 Å². The lowest BCUT2D eigenvalue weighted by Gasteiger charge is -2.25. The summed E-state index contributed by atoms with van der Waals surface area (Å²) in [5, 5.41) is 13.1. The van der Waals surface area contributed by atoms with Gasteiger partial charge in [-0.15, -0.1) is 0 Å². The standard InChI is InChI=1S/C8H16NO/c1-7-2-4-8(5-3-7)9-6-10/h7-9H,2-6H2,1H3. The summed E-state index contributed by atoms with van der Waals surface area (Å²) in [5.74, 6) is 0.879. The van der Waals surface area contributed by atoms with Crippen LogP contribution in [0.15, 0.2) is 0 Å². The van der Waals surface area contributed by atoms with Crippen LogP contribution in [0.4, 0.5) is 0 Å². The van der Waals surface area contributed by atoms with E-state index in [4.69, 9.17) is 0 Å². The van der Waals surface area contributed by atoms with Crippen molar-refractivity contribution in [2.24, 2.45) is 5.92 Å². The molecule has 0 aromatic heterocycles. The van der Waals surface area contributed by atoms with Crippen LogP contribution in [0.2, 0.25) is 0 Å². The molecule has 2 nitrogen and oxygen atoms in total. The fraction of sp³-hybridized carbons (Fsp3) is 1.00. The van der Waals surface area contributed by atoms with Gasteiger partial charge in [0.2, 0.25) is 0 Å². The summed E-state index contributed by atoms with van der Waals surface area (Å²) in [7, 11) is 0. The van der Waals surface area contributed by atoms with Gasteiger partial charge in [-0.3, -0.25) is 5.32 Å². The van der Waals surface area contributed by atoms with E-state index in [9.17, 15) is 5.11 Å². The van der Waals surface area contributed by atoms with E-state index in [-0.39, 0.29) is 6.73 Å². The Hall–Kier alpha value is -0.0800. The van der Waals surface area contributed by atoms with Crippen molar-refractivity contribution >= 4 is 0 Å². The molecule has 0 aromatic carbocycles. The van der Waals surface area contributed by atoms with Crippen LogP contribution in [0.25, 0.3) is 0 Å². The molecule has 1 rings (SSSR count). The minimum Gasteiger partial charge on any atom is -0.289 e. The van der Waals surface area contributed by atoms with E-state index in [1.807, 2.05) is 0 Å². The molecule has 2 heteroatoms. The molecule has 0 spiro atoms. The number of hydrogen-bond acceptors (Lipinski definition) is 1. The summed E-state index contributed by atoms with van der Waals surface area (Å²) >= 11 is 0. The molecule has 1 radical (unpaired) electrons. The van der Waals surface area contributed by atoms with Gasteiger partial charge >= 0.3 is 0 Å². The molecular formula is C8H16NO. The van der Waals surface area contributed by atoms with Gasteiger partial charge < -0.3 is 0 Å². The maximum absolute atomic E-state index is 10.2. The quantitative estimate of drug-likeness (QED) is 0.583. The van der Waals surface area contributed by atoms with Crippen LogP contribution in [-0.2, 0) is 5.11 Å². The van der Waals surface area contributed by atoms with Gasteiger partial charge in [-0.1, -0.05) is 6.92 Å². The largest absolute Gasteiger partial charge is 0.289 e. The van der Waals surface area contributed by atoms with Crippen LogP contribution in [0.1, 0.15) is 32.6 Å². The predicted octanol–water partition coefficient (Wildman–Crippen LogP) is 1.54. The summed E-state index contributed by atoms with van der Waals surface area (Å²) in [6.45, 7) is 2.17. The molecule has 1 N–H and O–H groups in total. The smallest absolute Gasteiger partial charge is 0.133 e. The van der Waals surface area contributed by atoms with Crippen LogP contribution >= 0.6 is 0 Å². The SMILES string of the molecule is CC1CCC(NC[O])CC1. The molecule has 59 valence electrons. The molecule has 1 aliphatic rings. The molecule has 0 heterocycles. The van der Waals surface area contributed by atoms with E-state index >= 15 is 0 Å². The van der Waals surface area contributed by atoms with E-state index in [1.54, 1.807) is 0 Å². The lowest BCUT2D eigenvalue weighted by Crippen LogP contribution is -2.32. The van der Waals surface area contributed by atoms with Crippen LogP contribution in [0.3, 0.4) is 0 Å². The van der Waals surface area contributed by atoms with E-state index < -0.39 is 0 Å². The molecule has 1 saturated carbocycles. The zero-order valence-corrected chi connectivity index (χ0v) is 6.60. The second kappa shape index (κ2) is 3.94. The van der Waals surface area contributed by atoms with Crippen LogP contribution in [0, 0.1) is 5.92 Å². The lowest BCUT2D eigenvalue weighted by molar-refractivity contribution is 0.141. The second-order valence-corrected chi connectivity index (χ2v) is 3.31. The lowest BCUT2D eigenvalue weighted by atomic mass is 9.87. The van der Waals surface area contributed by atoms with Crippen LogP contribution in [0.5, 0.6) is 0 Å². The summed E-state index contributed by atoms with van der Waals surface area (Å²) in [4.78, 5) is 0. The monoisotopic (exact) mass is 142 g/mol. The molecular weight excluding hydrogens is 126 g/mol. The third-order valence-electron chi connectivity index (χ3n) is 2.39. The van der Waals surface area contributed by atoms with Gasteiger partial charge in [0.05, 0.1) is 0 Å². The molecule has 0 aliphatic heterocycles. The topological polar surface area (TPSA) is 31.9 Å². The van der Waals surface area contributed by atoms with Gasteiger partial charge in [0.25, 0.3) is 0 Å². The van der Waals surface area contributed by atoms with Crippen molar-refractivity contribution in [3.63, 3.8) is 0 Å². The number of nitrogens with one attached hydrogen (secondary N) is 1. The Labute approximate surface area is 62.6 Å². The molecule has 1 fully saturated rings. The summed E-state index contributed by atoms with van der Waals surface area (Å²) in [6, 6.07) is 0.522. The third-order valence-corrected chi connectivity index (χ3v) is 2.39. The Balaban J connectivity index is 2.13. The average molecular weight is 142 g/mol. The van der Waals surface area contributed by atoms with Gasteiger partial charge in [0.1, 0.15) is 6.73 Å². The maximum atomic E-state index is 10.2. The van der Waals surface area contributed by atoms with Crippen molar-refractivity contribution in [2.75, 3.05) is 6.73 Å². The maximum Gasteiger partial charge on any atom is 0.133 e.